The van der Waals surface area contributed by atoms with Gasteiger partial charge in [0, 0.05) is 42.4 Å². The highest BCUT2D eigenvalue weighted by Gasteiger charge is 2.41. The molecule has 31 heavy (non-hydrogen) atoms. The Morgan fingerprint density at radius 1 is 1.00 bits per heavy atom. The second-order valence-electron chi connectivity index (χ2n) is 8.55. The van der Waals surface area contributed by atoms with Crippen LogP contribution in [0.3, 0.4) is 0 Å². The molecule has 2 aliphatic heterocycles. The fourth-order valence-electron chi connectivity index (χ4n) is 5.26. The normalized spacial score (nSPS) is 22.0. The molecule has 3 aromatic rings. The summed E-state index contributed by atoms with van der Waals surface area (Å²) in [5.41, 5.74) is 2.96. The second-order valence-corrected chi connectivity index (χ2v) is 8.55. The van der Waals surface area contributed by atoms with Gasteiger partial charge in [0.25, 0.3) is 11.5 Å². The Bertz CT molecular complexity index is 1150. The zero-order valence-corrected chi connectivity index (χ0v) is 17.6. The lowest BCUT2D eigenvalue weighted by atomic mass is 9.76. The van der Waals surface area contributed by atoms with E-state index in [9.17, 15) is 9.59 Å². The van der Waals surface area contributed by atoms with Crippen LogP contribution in [0, 0.1) is 5.92 Å². The fraction of sp³-hybridized carbons (Fsp3) is 0.308. The molecule has 2 aromatic carbocycles. The van der Waals surface area contributed by atoms with Crippen LogP contribution < -0.4 is 10.3 Å². The van der Waals surface area contributed by atoms with Gasteiger partial charge in [0.2, 0.25) is 0 Å². The van der Waals surface area contributed by atoms with Crippen LogP contribution in [-0.2, 0) is 6.42 Å². The number of rotatable bonds is 4. The highest BCUT2D eigenvalue weighted by molar-refractivity contribution is 5.94. The molecule has 0 radical (unpaired) electrons. The molecule has 2 aliphatic rings. The van der Waals surface area contributed by atoms with Crippen molar-refractivity contribution in [1.82, 2.24) is 9.47 Å². The molecule has 5 heteroatoms. The molecule has 3 heterocycles. The Kier molecular flexibility index (Phi) is 5.10. The third kappa shape index (κ3) is 3.65. The number of carbonyl (C=O) groups excluding carboxylic acids is 1. The number of nitrogens with zero attached hydrogens (tertiary/aromatic N) is 2. The van der Waals surface area contributed by atoms with Gasteiger partial charge in [-0.1, -0.05) is 42.5 Å². The van der Waals surface area contributed by atoms with Crippen LogP contribution >= 0.6 is 0 Å². The fourth-order valence-corrected chi connectivity index (χ4v) is 5.26. The lowest BCUT2D eigenvalue weighted by molar-refractivity contribution is 0.0528. The number of aromatic nitrogens is 1. The van der Waals surface area contributed by atoms with Gasteiger partial charge in [-0.05, 0) is 48.6 Å². The molecular formula is C26H26N2O3. The van der Waals surface area contributed by atoms with E-state index in [4.69, 9.17) is 4.74 Å². The number of methoxy groups -OCH3 is 1. The molecule has 5 nitrogen and oxygen atoms in total. The van der Waals surface area contributed by atoms with Gasteiger partial charge in [-0.2, -0.15) is 0 Å². The summed E-state index contributed by atoms with van der Waals surface area (Å²) in [5, 5.41) is 0. The minimum atomic E-state index is 0.0267. The van der Waals surface area contributed by atoms with Gasteiger partial charge < -0.3 is 14.2 Å². The van der Waals surface area contributed by atoms with Gasteiger partial charge in [-0.3, -0.25) is 9.59 Å². The third-order valence-corrected chi connectivity index (χ3v) is 6.69. The molecule has 1 saturated heterocycles. The van der Waals surface area contributed by atoms with E-state index in [1.165, 1.54) is 5.56 Å². The molecule has 0 N–H and O–H groups in total. The summed E-state index contributed by atoms with van der Waals surface area (Å²) in [4.78, 5) is 28.2. The molecule has 158 valence electrons. The predicted octanol–water partition coefficient (Wildman–Crippen LogP) is 3.90. The summed E-state index contributed by atoms with van der Waals surface area (Å²) in [6.07, 6.45) is 1.79. The number of hydrogen-bond acceptors (Lipinski definition) is 3. The number of ether oxygens (including phenoxy) is 1. The van der Waals surface area contributed by atoms with Crippen molar-refractivity contribution in [2.75, 3.05) is 20.2 Å². The topological polar surface area (TPSA) is 51.5 Å². The number of benzene rings is 2. The van der Waals surface area contributed by atoms with E-state index in [0.717, 1.165) is 18.5 Å². The first-order valence-electron chi connectivity index (χ1n) is 10.8. The second kappa shape index (κ2) is 8.06. The van der Waals surface area contributed by atoms with Crippen molar-refractivity contribution in [1.29, 1.82) is 0 Å². The zero-order chi connectivity index (χ0) is 21.4. The van der Waals surface area contributed by atoms with Crippen LogP contribution in [0.4, 0.5) is 0 Å². The summed E-state index contributed by atoms with van der Waals surface area (Å²) >= 11 is 0. The minimum Gasteiger partial charge on any atom is -0.497 e. The first-order valence-corrected chi connectivity index (χ1v) is 10.8. The van der Waals surface area contributed by atoms with E-state index >= 15 is 0 Å². The summed E-state index contributed by atoms with van der Waals surface area (Å²) < 4.78 is 7.30. The molecule has 0 spiro atoms. The number of piperidine rings is 1. The lowest BCUT2D eigenvalue weighted by Crippen LogP contribution is -2.51. The summed E-state index contributed by atoms with van der Waals surface area (Å²) in [6.45, 7) is 1.29. The van der Waals surface area contributed by atoms with E-state index in [1.54, 1.807) is 19.2 Å². The van der Waals surface area contributed by atoms with Gasteiger partial charge >= 0.3 is 0 Å². The predicted molar refractivity (Wildman–Crippen MR) is 120 cm³/mol. The number of amides is 1. The Labute approximate surface area is 181 Å². The van der Waals surface area contributed by atoms with E-state index < -0.39 is 0 Å². The highest BCUT2D eigenvalue weighted by atomic mass is 16.5. The molecule has 0 aliphatic carbocycles. The maximum absolute atomic E-state index is 13.3. The van der Waals surface area contributed by atoms with E-state index in [2.05, 4.69) is 18.2 Å². The largest absolute Gasteiger partial charge is 0.497 e. The van der Waals surface area contributed by atoms with Crippen molar-refractivity contribution in [2.45, 2.75) is 24.8 Å². The van der Waals surface area contributed by atoms with Crippen molar-refractivity contribution >= 4 is 5.91 Å². The first kappa shape index (κ1) is 19.6. The molecule has 1 aromatic heterocycles. The lowest BCUT2D eigenvalue weighted by Gasteiger charge is -2.47. The molecule has 1 fully saturated rings. The highest BCUT2D eigenvalue weighted by Crippen LogP contribution is 2.42. The van der Waals surface area contributed by atoms with Crippen LogP contribution in [0.25, 0.3) is 0 Å². The van der Waals surface area contributed by atoms with E-state index in [0.29, 0.717) is 24.4 Å². The molecular weight excluding hydrogens is 388 g/mol. The minimum absolute atomic E-state index is 0.0267. The monoisotopic (exact) mass is 414 g/mol. The molecule has 0 saturated carbocycles. The van der Waals surface area contributed by atoms with Crippen molar-refractivity contribution in [3.63, 3.8) is 0 Å². The summed E-state index contributed by atoms with van der Waals surface area (Å²) in [6, 6.07) is 23.2. The average molecular weight is 415 g/mol. The molecule has 3 atom stereocenters. The van der Waals surface area contributed by atoms with Crippen LogP contribution in [0.2, 0.25) is 0 Å². The van der Waals surface area contributed by atoms with Gasteiger partial charge in [-0.25, -0.2) is 0 Å². The maximum atomic E-state index is 13.3. The summed E-state index contributed by atoms with van der Waals surface area (Å²) in [7, 11) is 1.61. The Morgan fingerprint density at radius 2 is 1.81 bits per heavy atom. The van der Waals surface area contributed by atoms with Gasteiger partial charge in [0.1, 0.15) is 5.75 Å². The van der Waals surface area contributed by atoms with Crippen LogP contribution in [0.15, 0.2) is 77.6 Å². The van der Waals surface area contributed by atoms with Crippen molar-refractivity contribution in [3.8, 4) is 5.75 Å². The number of carbonyl (C=O) groups is 1. The van der Waals surface area contributed by atoms with Crippen LogP contribution in [0.1, 0.15) is 40.0 Å². The van der Waals surface area contributed by atoms with Gasteiger partial charge in [-0.15, -0.1) is 0 Å². The maximum Gasteiger partial charge on any atom is 0.254 e. The number of hydrogen-bond donors (Lipinski definition) is 0. The standard InChI is InChI=1S/C26H26N2O3/c1-31-22-10-5-9-19(15-22)26(30)27-16-20-14-21(17-27)24(13-18-7-3-2-4-8-18)28-23(20)11-6-12-25(28)29/h2-12,15,20-21,24H,13-14,16-17H2,1H3/t20-,21+,24+/m1/s1. The van der Waals surface area contributed by atoms with E-state index in [-0.39, 0.29) is 29.3 Å². The quantitative estimate of drug-likeness (QED) is 0.651. The van der Waals surface area contributed by atoms with E-state index in [1.807, 2.05) is 51.9 Å². The Hall–Kier alpha value is -3.34. The van der Waals surface area contributed by atoms with Crippen LogP contribution in [-0.4, -0.2) is 35.6 Å². The number of likely N-dealkylation sites (tertiary alicyclic amines) is 1. The van der Waals surface area contributed by atoms with Gasteiger partial charge in [0.05, 0.1) is 7.11 Å². The average Bonchev–Trinajstić information content (AvgIpc) is 2.82. The zero-order valence-electron chi connectivity index (χ0n) is 17.6. The Balaban J connectivity index is 1.50. The third-order valence-electron chi connectivity index (χ3n) is 6.69. The smallest absolute Gasteiger partial charge is 0.254 e. The Morgan fingerprint density at radius 3 is 2.61 bits per heavy atom. The van der Waals surface area contributed by atoms with Crippen LogP contribution in [0.5, 0.6) is 5.75 Å². The molecule has 5 rings (SSSR count). The molecule has 0 unspecified atom stereocenters. The van der Waals surface area contributed by atoms with Crippen molar-refractivity contribution in [2.24, 2.45) is 5.92 Å². The molecule has 1 amide bonds. The first-order chi connectivity index (χ1) is 15.1. The number of pyridine rings is 1. The SMILES string of the molecule is COc1cccc(C(=O)N2C[C@H]3C[C@@H](C2)[C@H](Cc2ccccc2)n2c3cccc2=O)c1. The number of fused-ring (bicyclic) bond motifs is 4. The van der Waals surface area contributed by atoms with Gasteiger partial charge in [0.15, 0.2) is 0 Å². The van der Waals surface area contributed by atoms with Crippen molar-refractivity contribution in [3.05, 3.63) is 100.0 Å². The molecule has 2 bridgehead atoms. The van der Waals surface area contributed by atoms with Crippen molar-refractivity contribution < 1.29 is 9.53 Å². The summed E-state index contributed by atoms with van der Waals surface area (Å²) in [5.74, 6) is 1.12.